The van der Waals surface area contributed by atoms with Gasteiger partial charge in [0.15, 0.2) is 0 Å². The van der Waals surface area contributed by atoms with Gasteiger partial charge in [-0.1, -0.05) is 12.1 Å². The van der Waals surface area contributed by atoms with Crippen LogP contribution in [-0.2, 0) is 13.0 Å². The summed E-state index contributed by atoms with van der Waals surface area (Å²) >= 11 is 0. The Morgan fingerprint density at radius 2 is 2.17 bits per heavy atom. The van der Waals surface area contributed by atoms with Crippen molar-refractivity contribution in [3.8, 4) is 0 Å². The van der Waals surface area contributed by atoms with Crippen LogP contribution >= 0.6 is 0 Å². The SMILES string of the molecule is CCn1cc(CCN)c2ccc(C)c(C(=O)O)c21. The number of carboxylic acid groups (broad SMARTS) is 1. The minimum Gasteiger partial charge on any atom is -0.478 e. The second-order valence-corrected chi connectivity index (χ2v) is 4.44. The van der Waals surface area contributed by atoms with Crippen LogP contribution in [0.2, 0.25) is 0 Å². The summed E-state index contributed by atoms with van der Waals surface area (Å²) in [6, 6.07) is 3.86. The second kappa shape index (κ2) is 4.82. The number of rotatable bonds is 4. The summed E-state index contributed by atoms with van der Waals surface area (Å²) in [6.45, 7) is 5.17. The fourth-order valence-corrected chi connectivity index (χ4v) is 2.45. The Morgan fingerprint density at radius 3 is 2.72 bits per heavy atom. The number of aromatic nitrogens is 1. The predicted octanol–water partition coefficient (Wildman–Crippen LogP) is 2.17. The number of benzene rings is 1. The lowest BCUT2D eigenvalue weighted by Gasteiger charge is -2.07. The fraction of sp³-hybridized carbons (Fsp3) is 0.357. The molecule has 0 unspecified atom stereocenters. The highest BCUT2D eigenvalue weighted by Crippen LogP contribution is 2.27. The van der Waals surface area contributed by atoms with E-state index in [0.717, 1.165) is 35.0 Å². The first-order chi connectivity index (χ1) is 8.60. The van der Waals surface area contributed by atoms with Crippen LogP contribution in [0.5, 0.6) is 0 Å². The number of hydrogen-bond acceptors (Lipinski definition) is 2. The molecule has 2 rings (SSSR count). The molecule has 0 aliphatic heterocycles. The number of carbonyl (C=O) groups is 1. The van der Waals surface area contributed by atoms with Gasteiger partial charge < -0.3 is 15.4 Å². The molecular weight excluding hydrogens is 228 g/mol. The van der Waals surface area contributed by atoms with Crippen molar-refractivity contribution < 1.29 is 9.90 Å². The number of hydrogen-bond donors (Lipinski definition) is 2. The molecule has 0 aliphatic rings. The number of nitrogens with zero attached hydrogens (tertiary/aromatic N) is 1. The summed E-state index contributed by atoms with van der Waals surface area (Å²) in [5.74, 6) is -0.870. The maximum atomic E-state index is 11.4. The van der Waals surface area contributed by atoms with Crippen molar-refractivity contribution in [2.24, 2.45) is 5.73 Å². The molecule has 0 aliphatic carbocycles. The molecule has 1 aromatic carbocycles. The molecule has 0 atom stereocenters. The lowest BCUT2D eigenvalue weighted by atomic mass is 10.0. The molecule has 18 heavy (non-hydrogen) atoms. The molecule has 3 N–H and O–H groups in total. The Labute approximate surface area is 106 Å². The summed E-state index contributed by atoms with van der Waals surface area (Å²) in [4.78, 5) is 11.4. The van der Waals surface area contributed by atoms with Gasteiger partial charge in [-0.15, -0.1) is 0 Å². The van der Waals surface area contributed by atoms with Crippen LogP contribution in [-0.4, -0.2) is 22.2 Å². The van der Waals surface area contributed by atoms with Gasteiger partial charge in [0.25, 0.3) is 0 Å². The third kappa shape index (κ3) is 1.88. The van der Waals surface area contributed by atoms with Crippen LogP contribution in [0.25, 0.3) is 10.9 Å². The van der Waals surface area contributed by atoms with E-state index in [1.165, 1.54) is 0 Å². The summed E-state index contributed by atoms with van der Waals surface area (Å²) in [7, 11) is 0. The van der Waals surface area contributed by atoms with Crippen LogP contribution in [0.4, 0.5) is 0 Å². The molecule has 0 spiro atoms. The first kappa shape index (κ1) is 12.6. The van der Waals surface area contributed by atoms with Crippen LogP contribution < -0.4 is 5.73 Å². The molecule has 4 nitrogen and oxygen atoms in total. The van der Waals surface area contributed by atoms with Crippen LogP contribution in [0.15, 0.2) is 18.3 Å². The van der Waals surface area contributed by atoms with E-state index in [9.17, 15) is 9.90 Å². The molecule has 0 fully saturated rings. The van der Waals surface area contributed by atoms with Gasteiger partial charge in [0, 0.05) is 18.1 Å². The van der Waals surface area contributed by atoms with Gasteiger partial charge in [-0.3, -0.25) is 0 Å². The first-order valence-corrected chi connectivity index (χ1v) is 6.14. The molecule has 1 aromatic heterocycles. The van der Waals surface area contributed by atoms with Gasteiger partial charge in [0.2, 0.25) is 0 Å². The smallest absolute Gasteiger partial charge is 0.338 e. The number of aromatic carboxylic acids is 1. The normalized spacial score (nSPS) is 11.1. The van der Waals surface area contributed by atoms with Crippen molar-refractivity contribution in [1.82, 2.24) is 4.57 Å². The summed E-state index contributed by atoms with van der Waals surface area (Å²) in [5, 5.41) is 10.4. The highest BCUT2D eigenvalue weighted by Gasteiger charge is 2.17. The highest BCUT2D eigenvalue weighted by molar-refractivity contribution is 6.04. The van der Waals surface area contributed by atoms with Gasteiger partial charge in [-0.05, 0) is 37.9 Å². The quantitative estimate of drug-likeness (QED) is 0.868. The van der Waals surface area contributed by atoms with E-state index in [0.29, 0.717) is 12.1 Å². The number of nitrogens with two attached hydrogens (primary N) is 1. The summed E-state index contributed by atoms with van der Waals surface area (Å²) in [6.07, 6.45) is 2.79. The molecule has 0 saturated carbocycles. The standard InChI is InChI=1S/C14H18N2O2/c1-3-16-8-10(6-7-15)11-5-4-9(2)12(13(11)16)14(17)18/h4-5,8H,3,6-7,15H2,1-2H3,(H,17,18). The summed E-state index contributed by atoms with van der Waals surface area (Å²) in [5.41, 5.74) is 8.73. The Balaban J connectivity index is 2.82. The third-order valence-corrected chi connectivity index (χ3v) is 3.30. The van der Waals surface area contributed by atoms with Gasteiger partial charge in [-0.25, -0.2) is 4.79 Å². The zero-order chi connectivity index (χ0) is 13.3. The van der Waals surface area contributed by atoms with E-state index in [4.69, 9.17) is 5.73 Å². The Kier molecular flexibility index (Phi) is 3.39. The Morgan fingerprint density at radius 1 is 1.44 bits per heavy atom. The molecule has 2 aromatic rings. The molecular formula is C14H18N2O2. The van der Waals surface area contributed by atoms with Gasteiger partial charge >= 0.3 is 5.97 Å². The van der Waals surface area contributed by atoms with Crippen molar-refractivity contribution >= 4 is 16.9 Å². The van der Waals surface area contributed by atoms with E-state index >= 15 is 0 Å². The van der Waals surface area contributed by atoms with Gasteiger partial charge in [0.05, 0.1) is 11.1 Å². The summed E-state index contributed by atoms with van der Waals surface area (Å²) < 4.78 is 2.00. The molecule has 96 valence electrons. The lowest BCUT2D eigenvalue weighted by molar-refractivity contribution is 0.0698. The van der Waals surface area contributed by atoms with Crippen molar-refractivity contribution in [2.75, 3.05) is 6.54 Å². The van der Waals surface area contributed by atoms with Crippen molar-refractivity contribution in [3.63, 3.8) is 0 Å². The van der Waals surface area contributed by atoms with E-state index < -0.39 is 5.97 Å². The molecule has 1 heterocycles. The predicted molar refractivity (Wildman–Crippen MR) is 72.1 cm³/mol. The molecule has 0 saturated heterocycles. The average Bonchev–Trinajstić information content (AvgIpc) is 2.67. The zero-order valence-corrected chi connectivity index (χ0v) is 10.7. The number of fused-ring (bicyclic) bond motifs is 1. The third-order valence-electron chi connectivity index (χ3n) is 3.30. The fourth-order valence-electron chi connectivity index (χ4n) is 2.45. The van der Waals surface area contributed by atoms with E-state index in [1.807, 2.05) is 36.7 Å². The Hall–Kier alpha value is -1.81. The Bertz CT molecular complexity index is 599. The molecule has 0 bridgehead atoms. The van der Waals surface area contributed by atoms with Crippen molar-refractivity contribution in [2.45, 2.75) is 26.8 Å². The largest absolute Gasteiger partial charge is 0.478 e. The van der Waals surface area contributed by atoms with E-state index in [1.54, 1.807) is 0 Å². The van der Waals surface area contributed by atoms with Crippen LogP contribution in [0.3, 0.4) is 0 Å². The molecule has 0 amide bonds. The van der Waals surface area contributed by atoms with Gasteiger partial charge in [-0.2, -0.15) is 0 Å². The minimum atomic E-state index is -0.870. The maximum absolute atomic E-state index is 11.4. The van der Waals surface area contributed by atoms with Crippen molar-refractivity contribution in [1.29, 1.82) is 0 Å². The first-order valence-electron chi connectivity index (χ1n) is 6.14. The number of carboxylic acids is 1. The van der Waals surface area contributed by atoms with Crippen LogP contribution in [0, 0.1) is 6.92 Å². The molecule has 4 heteroatoms. The maximum Gasteiger partial charge on any atom is 0.338 e. The van der Waals surface area contributed by atoms with Crippen molar-refractivity contribution in [3.05, 3.63) is 35.0 Å². The van der Waals surface area contributed by atoms with Gasteiger partial charge in [0.1, 0.15) is 0 Å². The lowest BCUT2D eigenvalue weighted by Crippen LogP contribution is -2.04. The highest BCUT2D eigenvalue weighted by atomic mass is 16.4. The molecule has 0 radical (unpaired) electrons. The topological polar surface area (TPSA) is 68.2 Å². The number of aryl methyl sites for hydroxylation is 2. The van der Waals surface area contributed by atoms with E-state index in [-0.39, 0.29) is 0 Å². The zero-order valence-electron chi connectivity index (χ0n) is 10.7. The second-order valence-electron chi connectivity index (χ2n) is 4.44. The monoisotopic (exact) mass is 246 g/mol. The minimum absolute atomic E-state index is 0.401. The van der Waals surface area contributed by atoms with E-state index in [2.05, 4.69) is 0 Å². The average molecular weight is 246 g/mol. The van der Waals surface area contributed by atoms with Crippen LogP contribution in [0.1, 0.15) is 28.4 Å².